The molecule has 15 rings (SSSR count). The molecule has 378 valence electrons. The van der Waals surface area contributed by atoms with E-state index in [0.717, 1.165) is 112 Å². The second kappa shape index (κ2) is 18.9. The average molecular weight is 1030 g/mol. The molecule has 0 spiro atoms. The maximum atomic E-state index is 9.64. The van der Waals surface area contributed by atoms with Gasteiger partial charge in [-0.25, -0.2) is 0 Å². The Bertz CT molecular complexity index is 4800. The van der Waals surface area contributed by atoms with E-state index in [9.17, 15) is 5.48 Å². The van der Waals surface area contributed by atoms with Gasteiger partial charge in [-0.05, 0) is 103 Å². The molecule has 3 heterocycles. The lowest BCUT2D eigenvalue weighted by Gasteiger charge is -2.46. The fourth-order valence-corrected chi connectivity index (χ4v) is 12.5. The van der Waals surface area contributed by atoms with Crippen molar-refractivity contribution in [1.29, 1.82) is 0 Å². The maximum Gasteiger partial charge on any atom is 0.252 e. The Hall–Kier alpha value is -9.90. The number of rotatable bonds is 8. The third kappa shape index (κ3) is 7.66. The predicted molar refractivity (Wildman–Crippen MR) is 341 cm³/mol. The molecular formula is C76H56BN3. The van der Waals surface area contributed by atoms with Crippen LogP contribution in [-0.4, -0.2) is 11.3 Å². The van der Waals surface area contributed by atoms with Crippen LogP contribution in [0.4, 0.5) is 34.1 Å². The highest BCUT2D eigenvalue weighted by atomic mass is 15.2. The molecule has 0 saturated heterocycles. The Labute approximate surface area is 480 Å². The van der Waals surface area contributed by atoms with Crippen molar-refractivity contribution < 1.29 is 11.0 Å². The number of para-hydroxylation sites is 4. The van der Waals surface area contributed by atoms with Gasteiger partial charge in [0.25, 0.3) is 6.71 Å². The monoisotopic (exact) mass is 1030 g/mol. The van der Waals surface area contributed by atoms with Crippen LogP contribution in [0.5, 0.6) is 0 Å². The van der Waals surface area contributed by atoms with E-state index in [2.05, 4.69) is 243 Å². The molecule has 0 radical (unpaired) electrons. The van der Waals surface area contributed by atoms with Crippen molar-refractivity contribution in [2.24, 2.45) is 0 Å². The third-order valence-electron chi connectivity index (χ3n) is 16.2. The summed E-state index contributed by atoms with van der Waals surface area (Å²) in [5.74, 6) is 0. The summed E-state index contributed by atoms with van der Waals surface area (Å²) in [6.45, 7) is 6.36. The van der Waals surface area contributed by atoms with E-state index < -0.39 is 36.3 Å². The first-order valence-electron chi connectivity index (χ1n) is 31.3. The van der Waals surface area contributed by atoms with Crippen LogP contribution in [0.3, 0.4) is 0 Å². The number of hydrogen-bond acceptors (Lipinski definition) is 2. The van der Waals surface area contributed by atoms with Gasteiger partial charge in [0, 0.05) is 61.5 Å². The zero-order valence-corrected chi connectivity index (χ0v) is 44.4. The molecule has 2 aliphatic heterocycles. The topological polar surface area (TPSA) is 11.4 Å². The molecule has 4 heteroatoms. The van der Waals surface area contributed by atoms with Crippen LogP contribution in [-0.2, 0) is 5.41 Å². The van der Waals surface area contributed by atoms with E-state index in [0.29, 0.717) is 5.69 Å². The van der Waals surface area contributed by atoms with Crippen molar-refractivity contribution in [3.8, 4) is 61.3 Å². The van der Waals surface area contributed by atoms with Gasteiger partial charge >= 0.3 is 0 Å². The van der Waals surface area contributed by atoms with Crippen LogP contribution in [0.2, 0.25) is 0 Å². The molecule has 0 unspecified atom stereocenters. The van der Waals surface area contributed by atoms with Crippen molar-refractivity contribution in [3.05, 3.63) is 290 Å². The number of nitrogens with zero attached hydrogens (tertiary/aromatic N) is 3. The van der Waals surface area contributed by atoms with Crippen molar-refractivity contribution in [1.82, 2.24) is 4.57 Å². The third-order valence-corrected chi connectivity index (χ3v) is 16.2. The average Bonchev–Trinajstić information content (AvgIpc) is 0.888. The van der Waals surface area contributed by atoms with Crippen LogP contribution < -0.4 is 26.2 Å². The summed E-state index contributed by atoms with van der Waals surface area (Å²) in [7, 11) is 0. The zero-order chi connectivity index (χ0) is 60.4. The van der Waals surface area contributed by atoms with Gasteiger partial charge < -0.3 is 14.4 Å². The minimum absolute atomic E-state index is 0.0218. The molecule has 1 aromatic heterocycles. The lowest BCUT2D eigenvalue weighted by Crippen LogP contribution is -2.61. The molecule has 80 heavy (non-hydrogen) atoms. The van der Waals surface area contributed by atoms with Crippen molar-refractivity contribution in [2.45, 2.75) is 26.2 Å². The Morgan fingerprint density at radius 3 is 1.23 bits per heavy atom. The molecule has 0 aliphatic carbocycles. The van der Waals surface area contributed by atoms with Crippen molar-refractivity contribution in [3.63, 3.8) is 0 Å². The Morgan fingerprint density at radius 2 is 0.775 bits per heavy atom. The van der Waals surface area contributed by atoms with Crippen LogP contribution in [0.15, 0.2) is 285 Å². The van der Waals surface area contributed by atoms with Gasteiger partial charge in [-0.1, -0.05) is 263 Å². The van der Waals surface area contributed by atoms with Crippen molar-refractivity contribution in [2.75, 3.05) is 9.80 Å². The van der Waals surface area contributed by atoms with Gasteiger partial charge in [-0.2, -0.15) is 0 Å². The maximum absolute atomic E-state index is 9.64. The summed E-state index contributed by atoms with van der Waals surface area (Å²) in [6.07, 6.45) is 0. The quantitative estimate of drug-likeness (QED) is 0.141. The highest BCUT2D eigenvalue weighted by Gasteiger charge is 2.46. The second-order valence-corrected chi connectivity index (χ2v) is 21.8. The lowest BCUT2D eigenvalue weighted by atomic mass is 9.33. The number of aromatic nitrogens is 1. The van der Waals surface area contributed by atoms with Gasteiger partial charge in [-0.15, -0.1) is 0 Å². The zero-order valence-electron chi connectivity index (χ0n) is 52.4. The smallest absolute Gasteiger partial charge is 0.252 e. The number of benzene rings is 12. The molecular weight excluding hydrogens is 966 g/mol. The molecule has 3 nitrogen and oxygen atoms in total. The fraction of sp³-hybridized carbons (Fsp3) is 0.0526. The predicted octanol–water partition coefficient (Wildman–Crippen LogP) is 18.5. The molecule has 0 bridgehead atoms. The minimum atomic E-state index is -0.490. The van der Waals surface area contributed by atoms with Crippen LogP contribution in [0.25, 0.3) is 83.1 Å². The summed E-state index contributed by atoms with van der Waals surface area (Å²) < 4.78 is 75.7. The van der Waals surface area contributed by atoms with Gasteiger partial charge in [0.05, 0.1) is 33.4 Å². The van der Waals surface area contributed by atoms with Gasteiger partial charge in [-0.3, -0.25) is 0 Å². The van der Waals surface area contributed by atoms with E-state index in [4.69, 9.17) is 5.48 Å². The summed E-state index contributed by atoms with van der Waals surface area (Å²) in [6, 6.07) is 80.2. The Balaban J connectivity index is 1.15. The van der Waals surface area contributed by atoms with E-state index in [1.165, 1.54) is 0 Å². The summed E-state index contributed by atoms with van der Waals surface area (Å²) in [4.78, 5) is 4.94. The van der Waals surface area contributed by atoms with Gasteiger partial charge in [0.1, 0.15) is 0 Å². The van der Waals surface area contributed by atoms with Crippen LogP contribution in [0.1, 0.15) is 37.3 Å². The molecule has 0 fully saturated rings. The molecule has 0 atom stereocenters. The second-order valence-electron chi connectivity index (χ2n) is 21.8. The first-order valence-corrected chi connectivity index (χ1v) is 27.3. The van der Waals surface area contributed by atoms with E-state index in [1.807, 2.05) is 24.3 Å². The highest BCUT2D eigenvalue weighted by molar-refractivity contribution is 7.00. The largest absolute Gasteiger partial charge is 0.310 e. The lowest BCUT2D eigenvalue weighted by molar-refractivity contribution is 0.590. The minimum Gasteiger partial charge on any atom is -0.310 e. The Morgan fingerprint density at radius 1 is 0.350 bits per heavy atom. The van der Waals surface area contributed by atoms with E-state index >= 15 is 0 Å². The molecule has 12 aromatic carbocycles. The summed E-state index contributed by atoms with van der Waals surface area (Å²) >= 11 is 0. The van der Waals surface area contributed by atoms with E-state index in [1.54, 1.807) is 4.57 Å². The SMILES string of the molecule is [2H]c1c([2H])c([2H])c2c(c1[2H])c1c([2H])c([2H])c([2H])c([2H])c1n2-c1ccc2c(c1)N(c1c(-c3ccccc3)cccc1-c1ccccc1)c1cc(C(C)(C)C)cc3c1B2c1cc(-c2ccccc2)ccc1N3c1c(-c2ccccc2)cccc1-c1ccccc1. The van der Waals surface area contributed by atoms with Crippen LogP contribution >= 0.6 is 0 Å². The summed E-state index contributed by atoms with van der Waals surface area (Å²) in [5, 5.41) is 0.0436. The normalized spacial score (nSPS) is 14.0. The van der Waals surface area contributed by atoms with Crippen LogP contribution in [0, 0.1) is 0 Å². The molecule has 0 N–H and O–H groups in total. The number of hydrogen-bond donors (Lipinski definition) is 0. The number of anilines is 6. The van der Waals surface area contributed by atoms with E-state index in [-0.39, 0.29) is 46.0 Å². The molecule has 13 aromatic rings. The number of fused-ring (bicyclic) bond motifs is 7. The summed E-state index contributed by atoms with van der Waals surface area (Å²) in [5.41, 5.74) is 20.3. The molecule has 0 amide bonds. The fourth-order valence-electron chi connectivity index (χ4n) is 12.5. The molecule has 0 saturated carbocycles. The van der Waals surface area contributed by atoms with Gasteiger partial charge in [0.2, 0.25) is 0 Å². The van der Waals surface area contributed by atoms with Crippen molar-refractivity contribution >= 4 is 79.0 Å². The molecule has 2 aliphatic rings. The highest BCUT2D eigenvalue weighted by Crippen LogP contribution is 2.54. The van der Waals surface area contributed by atoms with Gasteiger partial charge in [0.15, 0.2) is 0 Å². The first-order chi connectivity index (χ1) is 42.7. The first kappa shape index (κ1) is 39.5. The Kier molecular flexibility index (Phi) is 9.34. The standard InChI is InChI=1S/C76H56BN3/c1-76(2,3)57-48-71-73-72(49-57)80(75-61(54-31-15-7-16-32-54)39-24-40-62(75)55-33-17-8-18-34-55)70-50-58(78-67-41-21-19-35-63(67)64-36-20-22-42-68(64)78)44-45-65(70)77(73)66-47-56(51-25-9-4-10-26-51)43-46-69(66)79(71)74-59(52-27-11-5-12-28-52)37-23-38-60(74)53-29-13-6-14-30-53/h4-50H,1-3H3/i19D,20D,21D,22D,35D,36D,41D,42D.